The lowest BCUT2D eigenvalue weighted by atomic mass is 10.1. The fourth-order valence-electron chi connectivity index (χ4n) is 2.49. The van der Waals surface area contributed by atoms with E-state index in [9.17, 15) is 4.79 Å². The third kappa shape index (κ3) is 4.49. The molecule has 1 atom stereocenters. The average Bonchev–Trinajstić information content (AvgIpc) is 3.03. The summed E-state index contributed by atoms with van der Waals surface area (Å²) in [6, 6.07) is 13.9. The van der Waals surface area contributed by atoms with Crippen molar-refractivity contribution in [3.63, 3.8) is 0 Å². The highest BCUT2D eigenvalue weighted by molar-refractivity contribution is 8.00. The van der Waals surface area contributed by atoms with E-state index in [4.69, 9.17) is 0 Å². The van der Waals surface area contributed by atoms with Crippen LogP contribution in [0.15, 0.2) is 60.0 Å². The highest BCUT2D eigenvalue weighted by Crippen LogP contribution is 2.25. The van der Waals surface area contributed by atoms with E-state index in [0.717, 1.165) is 17.8 Å². The molecular formula is C19H21N5OS. The molecule has 0 fully saturated rings. The van der Waals surface area contributed by atoms with Crippen molar-refractivity contribution >= 4 is 17.7 Å². The first-order valence-electron chi connectivity index (χ1n) is 8.43. The Balaban J connectivity index is 1.55. The van der Waals surface area contributed by atoms with Gasteiger partial charge in [0.05, 0.1) is 5.25 Å². The number of carbonyl (C=O) groups excluding carboxylic acids is 1. The molecule has 0 bridgehead atoms. The van der Waals surface area contributed by atoms with Crippen LogP contribution in [0.25, 0.3) is 11.4 Å². The van der Waals surface area contributed by atoms with Crippen molar-refractivity contribution in [3.05, 3.63) is 60.4 Å². The Labute approximate surface area is 157 Å². The first kappa shape index (κ1) is 18.1. The second kappa shape index (κ2) is 8.62. The molecule has 134 valence electrons. The Bertz CT molecular complexity index is 851. The molecule has 0 saturated carbocycles. The summed E-state index contributed by atoms with van der Waals surface area (Å²) in [5.74, 6) is 0.731. The molecule has 0 aliphatic rings. The number of hydrogen-bond acceptors (Lipinski definition) is 5. The number of hydrogen-bond donors (Lipinski definition) is 1. The summed E-state index contributed by atoms with van der Waals surface area (Å²) in [5, 5.41) is 11.9. The number of nitrogens with zero attached hydrogens (tertiary/aromatic N) is 4. The highest BCUT2D eigenvalue weighted by atomic mass is 32.2. The van der Waals surface area contributed by atoms with E-state index in [1.165, 1.54) is 17.3 Å². The quantitative estimate of drug-likeness (QED) is 0.650. The van der Waals surface area contributed by atoms with E-state index < -0.39 is 0 Å². The Kier molecular flexibility index (Phi) is 6.01. The number of thioether (sulfide) groups is 1. The van der Waals surface area contributed by atoms with Gasteiger partial charge < -0.3 is 9.88 Å². The zero-order chi connectivity index (χ0) is 18.4. The van der Waals surface area contributed by atoms with Crippen LogP contribution in [0.3, 0.4) is 0 Å². The van der Waals surface area contributed by atoms with Gasteiger partial charge in [0.1, 0.15) is 0 Å². The van der Waals surface area contributed by atoms with Gasteiger partial charge in [0.25, 0.3) is 0 Å². The number of benzene rings is 1. The van der Waals surface area contributed by atoms with Gasteiger partial charge in [-0.2, -0.15) is 0 Å². The maximum absolute atomic E-state index is 12.3. The van der Waals surface area contributed by atoms with Crippen LogP contribution in [-0.2, 0) is 18.3 Å². The first-order valence-corrected chi connectivity index (χ1v) is 9.31. The number of carbonyl (C=O) groups is 1. The van der Waals surface area contributed by atoms with Crippen LogP contribution in [-0.4, -0.2) is 37.5 Å². The summed E-state index contributed by atoms with van der Waals surface area (Å²) < 4.78 is 1.88. The fraction of sp³-hybridized carbons (Fsp3) is 0.263. The average molecular weight is 367 g/mol. The van der Waals surface area contributed by atoms with Gasteiger partial charge in [-0.1, -0.05) is 42.1 Å². The lowest BCUT2D eigenvalue weighted by Crippen LogP contribution is -2.32. The molecular weight excluding hydrogens is 346 g/mol. The van der Waals surface area contributed by atoms with E-state index in [2.05, 4.69) is 32.6 Å². The van der Waals surface area contributed by atoms with Gasteiger partial charge in [0.2, 0.25) is 5.91 Å². The zero-order valence-electron chi connectivity index (χ0n) is 14.8. The largest absolute Gasteiger partial charge is 0.355 e. The van der Waals surface area contributed by atoms with Crippen molar-refractivity contribution in [1.29, 1.82) is 0 Å². The predicted octanol–water partition coefficient (Wildman–Crippen LogP) is 2.72. The lowest BCUT2D eigenvalue weighted by Gasteiger charge is -2.11. The van der Waals surface area contributed by atoms with E-state index in [1.54, 1.807) is 12.4 Å². The Morgan fingerprint density at radius 1 is 1.19 bits per heavy atom. The van der Waals surface area contributed by atoms with Gasteiger partial charge in [-0.05, 0) is 31.0 Å². The van der Waals surface area contributed by atoms with Crippen molar-refractivity contribution in [2.45, 2.75) is 23.8 Å². The number of amides is 1. The standard InChI is InChI=1S/C19H21N5OS/c1-14(18(25)21-12-10-15-7-4-3-5-8-15)26-19-23-22-17(24(19)2)16-9-6-11-20-13-16/h3-9,11,13-14H,10,12H2,1-2H3,(H,21,25). The summed E-state index contributed by atoms with van der Waals surface area (Å²) >= 11 is 1.40. The molecule has 26 heavy (non-hydrogen) atoms. The molecule has 3 aromatic rings. The van der Waals surface area contributed by atoms with Gasteiger partial charge in [-0.25, -0.2) is 0 Å². The number of aromatic nitrogens is 4. The third-order valence-corrected chi connectivity index (χ3v) is 5.10. The topological polar surface area (TPSA) is 72.7 Å². The van der Waals surface area contributed by atoms with Crippen molar-refractivity contribution in [1.82, 2.24) is 25.1 Å². The molecule has 0 spiro atoms. The van der Waals surface area contributed by atoms with Crippen LogP contribution < -0.4 is 5.32 Å². The van der Waals surface area contributed by atoms with Crippen LogP contribution in [0, 0.1) is 0 Å². The summed E-state index contributed by atoms with van der Waals surface area (Å²) in [5.41, 5.74) is 2.11. The van der Waals surface area contributed by atoms with E-state index in [0.29, 0.717) is 11.7 Å². The van der Waals surface area contributed by atoms with Gasteiger partial charge in [-0.15, -0.1) is 10.2 Å². The first-order chi connectivity index (χ1) is 12.6. The Hall–Kier alpha value is -2.67. The summed E-state index contributed by atoms with van der Waals surface area (Å²) in [4.78, 5) is 16.4. The second-order valence-electron chi connectivity index (χ2n) is 5.89. The van der Waals surface area contributed by atoms with Crippen molar-refractivity contribution in [2.24, 2.45) is 7.05 Å². The minimum Gasteiger partial charge on any atom is -0.355 e. The Morgan fingerprint density at radius 3 is 2.73 bits per heavy atom. The van der Waals surface area contributed by atoms with E-state index in [1.807, 2.05) is 48.9 Å². The third-order valence-electron chi connectivity index (χ3n) is 3.96. The predicted molar refractivity (Wildman–Crippen MR) is 103 cm³/mol. The summed E-state index contributed by atoms with van der Waals surface area (Å²) in [6.45, 7) is 2.49. The maximum atomic E-state index is 12.3. The Morgan fingerprint density at radius 2 is 2.00 bits per heavy atom. The fourth-order valence-corrected chi connectivity index (χ4v) is 3.33. The molecule has 2 heterocycles. The van der Waals surface area contributed by atoms with Crippen molar-refractivity contribution in [2.75, 3.05) is 6.54 Å². The molecule has 2 aromatic heterocycles. The second-order valence-corrected chi connectivity index (χ2v) is 7.20. The van der Waals surface area contributed by atoms with E-state index >= 15 is 0 Å². The molecule has 1 unspecified atom stereocenters. The lowest BCUT2D eigenvalue weighted by molar-refractivity contribution is -0.120. The number of nitrogens with one attached hydrogen (secondary N) is 1. The van der Waals surface area contributed by atoms with Crippen LogP contribution in [0.1, 0.15) is 12.5 Å². The molecule has 6 nitrogen and oxygen atoms in total. The van der Waals surface area contributed by atoms with Crippen LogP contribution in [0.4, 0.5) is 0 Å². The molecule has 0 aliphatic heterocycles. The molecule has 0 aliphatic carbocycles. The molecule has 0 radical (unpaired) electrons. The minimum absolute atomic E-state index is 0.00291. The van der Waals surface area contributed by atoms with Crippen molar-refractivity contribution < 1.29 is 4.79 Å². The van der Waals surface area contributed by atoms with Crippen molar-refractivity contribution in [3.8, 4) is 11.4 Å². The summed E-state index contributed by atoms with van der Waals surface area (Å²) in [6.07, 6.45) is 4.29. The highest BCUT2D eigenvalue weighted by Gasteiger charge is 2.19. The normalized spacial score (nSPS) is 11.9. The van der Waals surface area contributed by atoms with Gasteiger partial charge in [0, 0.05) is 31.5 Å². The van der Waals surface area contributed by atoms with Gasteiger partial charge >= 0.3 is 0 Å². The molecule has 3 rings (SSSR count). The van der Waals surface area contributed by atoms with E-state index in [-0.39, 0.29) is 11.2 Å². The van der Waals surface area contributed by atoms with Gasteiger partial charge in [-0.3, -0.25) is 9.78 Å². The summed E-state index contributed by atoms with van der Waals surface area (Å²) in [7, 11) is 1.89. The number of rotatable bonds is 7. The molecule has 1 N–H and O–H groups in total. The smallest absolute Gasteiger partial charge is 0.233 e. The number of pyridine rings is 1. The van der Waals surface area contributed by atoms with Crippen LogP contribution >= 0.6 is 11.8 Å². The molecule has 1 amide bonds. The molecule has 1 aromatic carbocycles. The minimum atomic E-state index is -0.254. The van der Waals surface area contributed by atoms with Crippen LogP contribution in [0.5, 0.6) is 0 Å². The van der Waals surface area contributed by atoms with Gasteiger partial charge in [0.15, 0.2) is 11.0 Å². The SMILES string of the molecule is CC(Sc1nnc(-c2cccnc2)n1C)C(=O)NCCc1ccccc1. The maximum Gasteiger partial charge on any atom is 0.233 e. The molecule has 7 heteroatoms. The molecule has 0 saturated heterocycles. The van der Waals surface area contributed by atoms with Crippen LogP contribution in [0.2, 0.25) is 0 Å². The monoisotopic (exact) mass is 367 g/mol. The zero-order valence-corrected chi connectivity index (χ0v) is 15.6.